The first-order valence-electron chi connectivity index (χ1n) is 9.75. The topological polar surface area (TPSA) is 80.7 Å². The van der Waals surface area contributed by atoms with Crippen molar-refractivity contribution in [2.45, 2.75) is 72.0 Å². The van der Waals surface area contributed by atoms with Gasteiger partial charge in [-0.05, 0) is 68.1 Å². The lowest BCUT2D eigenvalue weighted by molar-refractivity contribution is -0.151. The van der Waals surface area contributed by atoms with Crippen LogP contribution >= 0.6 is 0 Å². The zero-order valence-corrected chi connectivity index (χ0v) is 17.1. The van der Waals surface area contributed by atoms with Gasteiger partial charge in [0.15, 0.2) is 17.2 Å². The molecule has 5 heteroatoms. The summed E-state index contributed by atoms with van der Waals surface area (Å²) in [7, 11) is 0. The van der Waals surface area contributed by atoms with E-state index in [4.69, 9.17) is 4.74 Å². The van der Waals surface area contributed by atoms with Gasteiger partial charge < -0.3 is 9.84 Å². The van der Waals surface area contributed by atoms with Crippen LogP contribution in [-0.2, 0) is 19.1 Å². The number of carbonyl (C=O) groups excluding carboxylic acids is 3. The summed E-state index contributed by atoms with van der Waals surface area (Å²) in [6.45, 7) is 10.9. The second kappa shape index (κ2) is 6.13. The van der Waals surface area contributed by atoms with Crippen molar-refractivity contribution in [2.24, 2.45) is 23.2 Å². The van der Waals surface area contributed by atoms with Crippen LogP contribution in [0.25, 0.3) is 0 Å². The van der Waals surface area contributed by atoms with E-state index in [2.05, 4.69) is 13.8 Å². The molecular formula is C22H30O5. The van der Waals surface area contributed by atoms with Crippen LogP contribution in [-0.4, -0.2) is 33.8 Å². The predicted molar refractivity (Wildman–Crippen MR) is 101 cm³/mol. The standard InChI is InChI=1S/C22H30O5/c1-12-9-16-15(20(16,4)5)7-8-21(6,27-14(3)23)11-17-18(24)13(2)10-22(17,26)19(12)25/h10-12,15-16,26H,7-9H2,1-6H3/b17-11-/t12?,15-,16+,21-,22+/m0/s1. The second-order valence-electron chi connectivity index (χ2n) is 9.46. The first-order valence-corrected chi connectivity index (χ1v) is 9.75. The Bertz CT molecular complexity index is 774. The number of hydrogen-bond donors (Lipinski definition) is 1. The van der Waals surface area contributed by atoms with Crippen molar-refractivity contribution < 1.29 is 24.2 Å². The number of esters is 1. The fourth-order valence-electron chi connectivity index (χ4n) is 5.21. The number of fused-ring (bicyclic) bond motifs is 2. The first-order chi connectivity index (χ1) is 12.3. The van der Waals surface area contributed by atoms with Crippen LogP contribution in [0.15, 0.2) is 23.3 Å². The summed E-state index contributed by atoms with van der Waals surface area (Å²) >= 11 is 0. The number of allylic oxidation sites excluding steroid dienone is 1. The molecule has 148 valence electrons. The summed E-state index contributed by atoms with van der Waals surface area (Å²) in [5.74, 6) is -0.713. The Hall–Kier alpha value is -1.75. The lowest BCUT2D eigenvalue weighted by atomic mass is 9.81. The Labute approximate surface area is 160 Å². The molecule has 5 atom stereocenters. The van der Waals surface area contributed by atoms with Crippen molar-refractivity contribution in [1.29, 1.82) is 0 Å². The Morgan fingerprint density at radius 1 is 1.19 bits per heavy atom. The quantitative estimate of drug-likeness (QED) is 0.713. The molecule has 0 aliphatic heterocycles. The van der Waals surface area contributed by atoms with Crippen molar-refractivity contribution in [3.63, 3.8) is 0 Å². The van der Waals surface area contributed by atoms with Gasteiger partial charge >= 0.3 is 5.97 Å². The minimum Gasteiger partial charge on any atom is -0.455 e. The average molecular weight is 374 g/mol. The molecule has 0 aromatic heterocycles. The molecule has 3 aliphatic carbocycles. The van der Waals surface area contributed by atoms with Gasteiger partial charge in [0.1, 0.15) is 5.60 Å². The maximum Gasteiger partial charge on any atom is 0.303 e. The Kier molecular flexibility index (Phi) is 4.54. The molecule has 0 heterocycles. The van der Waals surface area contributed by atoms with E-state index in [9.17, 15) is 19.5 Å². The molecule has 0 saturated heterocycles. The molecule has 0 amide bonds. The summed E-state index contributed by atoms with van der Waals surface area (Å²) in [4.78, 5) is 37.6. The van der Waals surface area contributed by atoms with Gasteiger partial charge in [0.05, 0.1) is 0 Å². The van der Waals surface area contributed by atoms with Crippen molar-refractivity contribution in [3.8, 4) is 0 Å². The highest BCUT2D eigenvalue weighted by molar-refractivity contribution is 6.19. The molecule has 1 fully saturated rings. The predicted octanol–water partition coefficient (Wildman–Crippen LogP) is 3.16. The molecule has 27 heavy (non-hydrogen) atoms. The van der Waals surface area contributed by atoms with Gasteiger partial charge in [-0.2, -0.15) is 0 Å². The van der Waals surface area contributed by atoms with Crippen LogP contribution in [0.2, 0.25) is 0 Å². The summed E-state index contributed by atoms with van der Waals surface area (Å²) < 4.78 is 5.57. The van der Waals surface area contributed by atoms with Gasteiger partial charge in [-0.15, -0.1) is 0 Å². The fraction of sp³-hybridized carbons (Fsp3) is 0.682. The highest BCUT2D eigenvalue weighted by Crippen LogP contribution is 2.63. The maximum absolute atomic E-state index is 13.2. The monoisotopic (exact) mass is 374 g/mol. The van der Waals surface area contributed by atoms with Crippen LogP contribution in [0.1, 0.15) is 60.8 Å². The third-order valence-electron chi connectivity index (χ3n) is 6.94. The zero-order valence-electron chi connectivity index (χ0n) is 17.1. The number of rotatable bonds is 1. The molecule has 0 aromatic carbocycles. The summed E-state index contributed by atoms with van der Waals surface area (Å²) in [6, 6.07) is 0. The Balaban J connectivity index is 2.11. The highest BCUT2D eigenvalue weighted by Gasteiger charge is 2.59. The van der Waals surface area contributed by atoms with E-state index in [1.54, 1.807) is 13.8 Å². The van der Waals surface area contributed by atoms with Crippen LogP contribution in [0, 0.1) is 23.2 Å². The lowest BCUT2D eigenvalue weighted by Gasteiger charge is -2.30. The molecule has 3 rings (SSSR count). The van der Waals surface area contributed by atoms with E-state index in [-0.39, 0.29) is 28.5 Å². The van der Waals surface area contributed by atoms with Crippen LogP contribution in [0.3, 0.4) is 0 Å². The van der Waals surface area contributed by atoms with E-state index in [0.717, 1.165) is 6.42 Å². The van der Waals surface area contributed by atoms with Crippen LogP contribution in [0.4, 0.5) is 0 Å². The molecular weight excluding hydrogens is 344 g/mol. The van der Waals surface area contributed by atoms with Gasteiger partial charge in [0.2, 0.25) is 0 Å². The van der Waals surface area contributed by atoms with Crippen LogP contribution in [0.5, 0.6) is 0 Å². The van der Waals surface area contributed by atoms with E-state index in [1.165, 1.54) is 19.1 Å². The Morgan fingerprint density at radius 3 is 2.41 bits per heavy atom. The third-order valence-corrected chi connectivity index (χ3v) is 6.94. The van der Waals surface area contributed by atoms with Crippen molar-refractivity contribution in [3.05, 3.63) is 23.3 Å². The second-order valence-corrected chi connectivity index (χ2v) is 9.46. The van der Waals surface area contributed by atoms with Gasteiger partial charge in [0, 0.05) is 18.4 Å². The molecule has 1 unspecified atom stereocenters. The van der Waals surface area contributed by atoms with Crippen molar-refractivity contribution in [2.75, 3.05) is 0 Å². The van der Waals surface area contributed by atoms with Crippen LogP contribution < -0.4 is 0 Å². The number of ether oxygens (including phenoxy) is 1. The van der Waals surface area contributed by atoms with E-state index >= 15 is 0 Å². The SMILES string of the molecule is CC(=O)O[C@]1(C)/C=C2/C(=O)C(C)=C[C@]2(O)C(=O)C(C)C[C@@H]2[C@H](CC1)C2(C)C. The fourth-order valence-corrected chi connectivity index (χ4v) is 5.21. The molecule has 1 N–H and O–H groups in total. The number of carbonyl (C=O) groups is 3. The number of Topliss-reactive ketones (excluding diaryl/α,β-unsaturated/α-hetero) is 2. The average Bonchev–Trinajstić information content (AvgIpc) is 2.98. The van der Waals surface area contributed by atoms with E-state index < -0.39 is 17.2 Å². The number of ketones is 2. The molecule has 5 nitrogen and oxygen atoms in total. The molecule has 1 saturated carbocycles. The van der Waals surface area contributed by atoms with Crippen molar-refractivity contribution in [1.82, 2.24) is 0 Å². The van der Waals surface area contributed by atoms with E-state index in [1.807, 2.05) is 6.92 Å². The minimum atomic E-state index is -1.94. The van der Waals surface area contributed by atoms with Gasteiger partial charge in [-0.3, -0.25) is 14.4 Å². The van der Waals surface area contributed by atoms with Crippen molar-refractivity contribution >= 4 is 17.5 Å². The zero-order chi connectivity index (χ0) is 20.4. The molecule has 3 aliphatic rings. The summed E-state index contributed by atoms with van der Waals surface area (Å²) in [5, 5.41) is 11.2. The smallest absolute Gasteiger partial charge is 0.303 e. The summed E-state index contributed by atoms with van der Waals surface area (Å²) in [6.07, 6.45) is 4.96. The molecule has 0 radical (unpaired) electrons. The van der Waals surface area contributed by atoms with Gasteiger partial charge in [0.25, 0.3) is 0 Å². The van der Waals surface area contributed by atoms with E-state index in [0.29, 0.717) is 30.3 Å². The van der Waals surface area contributed by atoms with Gasteiger partial charge in [-0.25, -0.2) is 0 Å². The number of aliphatic hydroxyl groups is 1. The minimum absolute atomic E-state index is 0.0235. The largest absolute Gasteiger partial charge is 0.455 e. The molecule has 0 aromatic rings. The lowest BCUT2D eigenvalue weighted by Crippen LogP contribution is -2.43. The molecule has 0 bridgehead atoms. The first kappa shape index (κ1) is 20.0. The normalized spacial score (nSPS) is 42.9. The number of hydrogen-bond acceptors (Lipinski definition) is 5. The summed E-state index contributed by atoms with van der Waals surface area (Å²) in [5.41, 5.74) is -2.50. The van der Waals surface area contributed by atoms with Gasteiger partial charge in [-0.1, -0.05) is 20.8 Å². The third kappa shape index (κ3) is 3.20. The Morgan fingerprint density at radius 2 is 1.81 bits per heavy atom. The maximum atomic E-state index is 13.2. The highest BCUT2D eigenvalue weighted by atomic mass is 16.6. The molecule has 0 spiro atoms.